The molecule has 0 saturated heterocycles. The lowest BCUT2D eigenvalue weighted by Gasteiger charge is -2.33. The number of H-pyrrole nitrogens is 1. The largest absolute Gasteiger partial charge is 0.494 e. The van der Waals surface area contributed by atoms with Crippen molar-refractivity contribution in [3.8, 4) is 11.6 Å². The first kappa shape index (κ1) is 18.8. The molecule has 0 radical (unpaired) electrons. The highest BCUT2D eigenvalue weighted by Crippen LogP contribution is 2.42. The van der Waals surface area contributed by atoms with Gasteiger partial charge in [-0.1, -0.05) is 23.2 Å². The molecule has 0 spiro atoms. The number of carbonyl (C=O) groups excluding carboxylic acids is 1. The van der Waals surface area contributed by atoms with E-state index < -0.39 is 0 Å². The number of fused-ring (bicyclic) bond motifs is 3. The molecule has 1 amide bonds. The van der Waals surface area contributed by atoms with E-state index in [0.717, 1.165) is 11.3 Å². The first-order valence-electron chi connectivity index (χ1n) is 8.56. The number of pyridine rings is 1. The molecule has 10 heteroatoms. The Hall–Kier alpha value is -2.58. The van der Waals surface area contributed by atoms with Crippen molar-refractivity contribution in [1.29, 1.82) is 0 Å². The summed E-state index contributed by atoms with van der Waals surface area (Å²) in [6, 6.07) is -0.259. The first-order valence-corrected chi connectivity index (χ1v) is 9.32. The van der Waals surface area contributed by atoms with Gasteiger partial charge in [0.2, 0.25) is 11.7 Å². The Morgan fingerprint density at radius 1 is 1.21 bits per heavy atom. The molecule has 0 fully saturated rings. The molecule has 0 aromatic carbocycles. The van der Waals surface area contributed by atoms with Crippen LogP contribution in [0.5, 0.6) is 11.6 Å². The molecule has 1 atom stereocenters. The summed E-state index contributed by atoms with van der Waals surface area (Å²) < 4.78 is 10.3. The Kier molecular flexibility index (Phi) is 4.76. The van der Waals surface area contributed by atoms with E-state index in [-0.39, 0.29) is 28.7 Å². The van der Waals surface area contributed by atoms with Crippen LogP contribution >= 0.6 is 23.2 Å². The summed E-state index contributed by atoms with van der Waals surface area (Å²) in [4.78, 5) is 30.7. The topological polar surface area (TPSA) is 93.2 Å². The fourth-order valence-electron chi connectivity index (χ4n) is 3.49. The number of rotatable bonds is 3. The number of halogens is 2. The number of hydrogen-bond acceptors (Lipinski definition) is 6. The summed E-state index contributed by atoms with van der Waals surface area (Å²) in [5, 5.41) is 0.601. The highest BCUT2D eigenvalue weighted by Gasteiger charge is 2.34. The van der Waals surface area contributed by atoms with Gasteiger partial charge in [0.05, 0.1) is 48.7 Å². The smallest absolute Gasteiger partial charge is 0.292 e. The third-order valence-corrected chi connectivity index (χ3v) is 5.73. The maximum atomic E-state index is 13.0. The van der Waals surface area contributed by atoms with Gasteiger partial charge in [-0.25, -0.2) is 15.0 Å². The first-order chi connectivity index (χ1) is 13.5. The van der Waals surface area contributed by atoms with Gasteiger partial charge in [0.15, 0.2) is 5.75 Å². The predicted molar refractivity (Wildman–Crippen MR) is 104 cm³/mol. The minimum absolute atomic E-state index is 0.113. The Morgan fingerprint density at radius 2 is 1.93 bits per heavy atom. The number of hydrogen-bond donors (Lipinski definition) is 1. The number of methoxy groups -OCH3 is 2. The lowest BCUT2D eigenvalue weighted by molar-refractivity contribution is 0.0665. The Balaban J connectivity index is 1.75. The van der Waals surface area contributed by atoms with Crippen molar-refractivity contribution >= 4 is 40.1 Å². The fourth-order valence-corrected chi connectivity index (χ4v) is 3.92. The second kappa shape index (κ2) is 7.10. The number of nitrogens with zero attached hydrogens (tertiary/aromatic N) is 4. The van der Waals surface area contributed by atoms with Gasteiger partial charge < -0.3 is 19.4 Å². The number of carbonyl (C=O) groups is 1. The van der Waals surface area contributed by atoms with Crippen molar-refractivity contribution in [3.63, 3.8) is 0 Å². The summed E-state index contributed by atoms with van der Waals surface area (Å²) in [6.45, 7) is 2.45. The number of aromatic amines is 1. The lowest BCUT2D eigenvalue weighted by Crippen LogP contribution is -2.39. The van der Waals surface area contributed by atoms with Gasteiger partial charge >= 0.3 is 0 Å². The summed E-state index contributed by atoms with van der Waals surface area (Å²) in [7, 11) is 3.00. The Labute approximate surface area is 170 Å². The third-order valence-electron chi connectivity index (χ3n) is 4.90. The monoisotopic (exact) mass is 421 g/mol. The molecular formula is C18H17Cl2N5O3. The van der Waals surface area contributed by atoms with Crippen LogP contribution in [0.15, 0.2) is 12.4 Å². The molecule has 0 bridgehead atoms. The maximum Gasteiger partial charge on any atom is 0.292 e. The van der Waals surface area contributed by atoms with Crippen molar-refractivity contribution in [2.24, 2.45) is 0 Å². The Morgan fingerprint density at radius 3 is 2.57 bits per heavy atom. The maximum absolute atomic E-state index is 13.0. The molecule has 0 saturated carbocycles. The van der Waals surface area contributed by atoms with E-state index in [1.54, 1.807) is 4.90 Å². The summed E-state index contributed by atoms with van der Waals surface area (Å²) >= 11 is 12.6. The molecule has 4 heterocycles. The molecule has 3 aromatic rings. The van der Waals surface area contributed by atoms with Gasteiger partial charge in [0.1, 0.15) is 5.02 Å². The molecular weight excluding hydrogens is 405 g/mol. The standard InChI is InChI=1S/C18H17Cl2N5O3/c1-8-11-10(23-15-12(19)13(20)17(28-3)24-14(11)15)4-5-25(8)18(26)16-21-6-9(27-2)7-22-16/h6-8,23H,4-5H2,1-3H3/t8-/m0/s1. The van der Waals surface area contributed by atoms with E-state index in [9.17, 15) is 4.79 Å². The van der Waals surface area contributed by atoms with Gasteiger partial charge in [-0.2, -0.15) is 0 Å². The molecule has 0 aliphatic carbocycles. The van der Waals surface area contributed by atoms with Crippen molar-refractivity contribution in [1.82, 2.24) is 24.8 Å². The second-order valence-electron chi connectivity index (χ2n) is 6.36. The zero-order valence-electron chi connectivity index (χ0n) is 15.4. The van der Waals surface area contributed by atoms with Crippen molar-refractivity contribution in [2.45, 2.75) is 19.4 Å². The molecule has 8 nitrogen and oxygen atoms in total. The second-order valence-corrected chi connectivity index (χ2v) is 7.12. The van der Waals surface area contributed by atoms with Crippen LogP contribution < -0.4 is 9.47 Å². The van der Waals surface area contributed by atoms with Gasteiger partial charge in [-0.05, 0) is 6.92 Å². The van der Waals surface area contributed by atoms with Crippen LogP contribution in [-0.4, -0.2) is 51.5 Å². The van der Waals surface area contributed by atoms with Crippen LogP contribution in [0.3, 0.4) is 0 Å². The molecule has 0 unspecified atom stereocenters. The number of amides is 1. The van der Waals surface area contributed by atoms with Gasteiger partial charge in [-0.3, -0.25) is 4.79 Å². The summed E-state index contributed by atoms with van der Waals surface area (Å²) in [5.74, 6) is 0.588. The van der Waals surface area contributed by atoms with E-state index >= 15 is 0 Å². The minimum Gasteiger partial charge on any atom is -0.494 e. The van der Waals surface area contributed by atoms with Crippen molar-refractivity contribution in [3.05, 3.63) is 39.5 Å². The lowest BCUT2D eigenvalue weighted by atomic mass is 9.99. The zero-order chi connectivity index (χ0) is 20.0. The molecule has 1 aliphatic heterocycles. The fraction of sp³-hybridized carbons (Fsp3) is 0.333. The molecule has 3 aromatic heterocycles. The Bertz CT molecular complexity index is 1070. The van der Waals surface area contributed by atoms with Crippen LogP contribution in [0.2, 0.25) is 10.0 Å². The van der Waals surface area contributed by atoms with E-state index in [1.807, 2.05) is 6.92 Å². The van der Waals surface area contributed by atoms with Crippen molar-refractivity contribution in [2.75, 3.05) is 20.8 Å². The number of nitrogens with one attached hydrogen (secondary N) is 1. The highest BCUT2D eigenvalue weighted by molar-refractivity contribution is 6.45. The van der Waals surface area contributed by atoms with Gasteiger partial charge in [-0.15, -0.1) is 0 Å². The van der Waals surface area contributed by atoms with Crippen LogP contribution in [-0.2, 0) is 6.42 Å². The van der Waals surface area contributed by atoms with Crippen LogP contribution in [0.25, 0.3) is 11.0 Å². The molecule has 146 valence electrons. The zero-order valence-corrected chi connectivity index (χ0v) is 16.9. The number of ether oxygens (including phenoxy) is 2. The van der Waals surface area contributed by atoms with Crippen LogP contribution in [0.4, 0.5) is 0 Å². The van der Waals surface area contributed by atoms with E-state index in [1.165, 1.54) is 26.6 Å². The van der Waals surface area contributed by atoms with Crippen molar-refractivity contribution < 1.29 is 14.3 Å². The molecule has 1 N–H and O–H groups in total. The number of aromatic nitrogens is 4. The summed E-state index contributed by atoms with van der Waals surface area (Å²) in [6.07, 6.45) is 3.56. The summed E-state index contributed by atoms with van der Waals surface area (Å²) in [5.41, 5.74) is 3.14. The van der Waals surface area contributed by atoms with Gasteiger partial charge in [0.25, 0.3) is 5.91 Å². The van der Waals surface area contributed by atoms with E-state index in [0.29, 0.717) is 34.8 Å². The predicted octanol–water partition coefficient (Wildman–Crippen LogP) is 3.44. The third kappa shape index (κ3) is 2.84. The highest BCUT2D eigenvalue weighted by atomic mass is 35.5. The van der Waals surface area contributed by atoms with E-state index in [4.69, 9.17) is 32.7 Å². The van der Waals surface area contributed by atoms with Gasteiger partial charge in [0, 0.05) is 24.2 Å². The van der Waals surface area contributed by atoms with Crippen LogP contribution in [0, 0.1) is 0 Å². The average molecular weight is 422 g/mol. The normalized spacial score (nSPS) is 16.2. The quantitative estimate of drug-likeness (QED) is 0.695. The minimum atomic E-state index is -0.262. The molecule has 4 rings (SSSR count). The SMILES string of the molecule is COc1cnc(C(=O)N2CCc3[nH]c4c(Cl)c(Cl)c(OC)nc4c3[C@@H]2C)nc1. The molecule has 1 aliphatic rings. The molecule has 28 heavy (non-hydrogen) atoms. The average Bonchev–Trinajstić information content (AvgIpc) is 3.10. The van der Waals surface area contributed by atoms with E-state index in [2.05, 4.69) is 19.9 Å². The van der Waals surface area contributed by atoms with Crippen LogP contribution in [0.1, 0.15) is 34.8 Å².